The number of amides is 2. The summed E-state index contributed by atoms with van der Waals surface area (Å²) in [6.45, 7) is 2.64. The number of ether oxygens (including phenoxy) is 1. The predicted molar refractivity (Wildman–Crippen MR) is 109 cm³/mol. The van der Waals surface area contributed by atoms with Crippen LogP contribution in [0.4, 0.5) is 11.4 Å². The predicted octanol–water partition coefficient (Wildman–Crippen LogP) is 5.04. The highest BCUT2D eigenvalue weighted by Gasteiger charge is 2.10. The first-order valence-corrected chi connectivity index (χ1v) is 9.53. The van der Waals surface area contributed by atoms with Gasteiger partial charge in [0.05, 0.1) is 11.5 Å². The van der Waals surface area contributed by atoms with Crippen LogP contribution in [0.2, 0.25) is 0 Å². The maximum Gasteiger partial charge on any atom is 0.265 e. The Balaban J connectivity index is 1.67. The first-order valence-electron chi connectivity index (χ1n) is 8.65. The Hall–Kier alpha value is -3.12. The van der Waals surface area contributed by atoms with Crippen LogP contribution in [0.1, 0.15) is 33.4 Å². The van der Waals surface area contributed by atoms with E-state index in [-0.39, 0.29) is 11.8 Å². The number of rotatable bonds is 7. The largest absolute Gasteiger partial charge is 0.494 e. The van der Waals surface area contributed by atoms with Crippen molar-refractivity contribution < 1.29 is 14.3 Å². The number of thiophene rings is 1. The van der Waals surface area contributed by atoms with Crippen molar-refractivity contribution >= 4 is 34.5 Å². The average Bonchev–Trinajstić information content (AvgIpc) is 3.22. The standard InChI is InChI=1S/C21H20N2O3S/c1-2-11-26-18-9-3-6-15(13-18)20(24)22-16-7-4-8-17(14-16)23-21(25)19-10-5-12-27-19/h3-10,12-14H,2,11H2,1H3,(H,22,24)(H,23,25). The molecule has 3 aromatic rings. The van der Waals surface area contributed by atoms with Gasteiger partial charge in [-0.1, -0.05) is 25.1 Å². The monoisotopic (exact) mass is 380 g/mol. The van der Waals surface area contributed by atoms with Crippen molar-refractivity contribution in [2.24, 2.45) is 0 Å². The Labute approximate surface area is 162 Å². The molecule has 6 heteroatoms. The van der Waals surface area contributed by atoms with E-state index < -0.39 is 0 Å². The van der Waals surface area contributed by atoms with Gasteiger partial charge in [0.1, 0.15) is 5.75 Å². The molecule has 0 atom stereocenters. The molecule has 0 saturated heterocycles. The molecule has 138 valence electrons. The zero-order chi connectivity index (χ0) is 19.1. The normalized spacial score (nSPS) is 10.3. The lowest BCUT2D eigenvalue weighted by Crippen LogP contribution is -2.13. The Bertz CT molecular complexity index is 923. The van der Waals surface area contributed by atoms with Gasteiger partial charge in [-0.2, -0.15) is 0 Å². The van der Waals surface area contributed by atoms with E-state index in [1.165, 1.54) is 11.3 Å². The van der Waals surface area contributed by atoms with Gasteiger partial charge in [0, 0.05) is 16.9 Å². The SMILES string of the molecule is CCCOc1cccc(C(=O)Nc2cccc(NC(=O)c3cccs3)c2)c1. The second kappa shape index (κ2) is 9.00. The number of nitrogens with one attached hydrogen (secondary N) is 2. The maximum atomic E-state index is 12.5. The summed E-state index contributed by atoms with van der Waals surface area (Å²) in [6, 6.07) is 17.7. The quantitative estimate of drug-likeness (QED) is 0.603. The van der Waals surface area contributed by atoms with E-state index in [1.54, 1.807) is 48.5 Å². The van der Waals surface area contributed by atoms with Crippen molar-refractivity contribution in [2.45, 2.75) is 13.3 Å². The van der Waals surface area contributed by atoms with E-state index in [0.717, 1.165) is 6.42 Å². The van der Waals surface area contributed by atoms with Crippen molar-refractivity contribution in [3.8, 4) is 5.75 Å². The van der Waals surface area contributed by atoms with Gasteiger partial charge in [-0.3, -0.25) is 9.59 Å². The molecule has 0 aliphatic rings. The molecule has 2 N–H and O–H groups in total. The smallest absolute Gasteiger partial charge is 0.265 e. The van der Waals surface area contributed by atoms with E-state index in [4.69, 9.17) is 4.74 Å². The highest BCUT2D eigenvalue weighted by atomic mass is 32.1. The van der Waals surface area contributed by atoms with Gasteiger partial charge >= 0.3 is 0 Å². The molecule has 0 spiro atoms. The number of hydrogen-bond acceptors (Lipinski definition) is 4. The molecule has 2 amide bonds. The molecule has 1 aromatic heterocycles. The van der Waals surface area contributed by atoms with Crippen molar-refractivity contribution in [2.75, 3.05) is 17.2 Å². The third-order valence-corrected chi connectivity index (χ3v) is 4.56. The van der Waals surface area contributed by atoms with Gasteiger partial charge in [0.25, 0.3) is 11.8 Å². The van der Waals surface area contributed by atoms with Crippen LogP contribution in [0.5, 0.6) is 5.75 Å². The average molecular weight is 380 g/mol. The first-order chi connectivity index (χ1) is 13.2. The molecule has 0 saturated carbocycles. The van der Waals surface area contributed by atoms with Crippen LogP contribution in [0.15, 0.2) is 66.0 Å². The molecule has 0 fully saturated rings. The first kappa shape index (κ1) is 18.7. The fourth-order valence-electron chi connectivity index (χ4n) is 2.43. The summed E-state index contributed by atoms with van der Waals surface area (Å²) in [4.78, 5) is 25.3. The third kappa shape index (κ3) is 5.18. The molecule has 2 aromatic carbocycles. The highest BCUT2D eigenvalue weighted by molar-refractivity contribution is 7.12. The van der Waals surface area contributed by atoms with Gasteiger partial charge < -0.3 is 15.4 Å². The number of anilines is 2. The number of hydrogen-bond donors (Lipinski definition) is 2. The van der Waals surface area contributed by atoms with Gasteiger partial charge in [-0.15, -0.1) is 11.3 Å². The molecule has 27 heavy (non-hydrogen) atoms. The summed E-state index contributed by atoms with van der Waals surface area (Å²) in [6.07, 6.45) is 0.903. The molecular formula is C21H20N2O3S. The minimum Gasteiger partial charge on any atom is -0.494 e. The Morgan fingerprint density at radius 2 is 1.67 bits per heavy atom. The zero-order valence-corrected chi connectivity index (χ0v) is 15.7. The third-order valence-electron chi connectivity index (χ3n) is 3.69. The minimum atomic E-state index is -0.237. The Morgan fingerprint density at radius 1 is 0.926 bits per heavy atom. The van der Waals surface area contributed by atoms with E-state index in [2.05, 4.69) is 10.6 Å². The van der Waals surface area contributed by atoms with Crippen molar-refractivity contribution in [3.05, 3.63) is 76.5 Å². The fourth-order valence-corrected chi connectivity index (χ4v) is 3.04. The summed E-state index contributed by atoms with van der Waals surface area (Å²) in [5, 5.41) is 7.53. The summed E-state index contributed by atoms with van der Waals surface area (Å²) in [7, 11) is 0. The number of carbonyl (C=O) groups excluding carboxylic acids is 2. The van der Waals surface area contributed by atoms with E-state index in [9.17, 15) is 9.59 Å². The van der Waals surface area contributed by atoms with Crippen LogP contribution >= 0.6 is 11.3 Å². The lowest BCUT2D eigenvalue weighted by molar-refractivity contribution is 0.102. The summed E-state index contributed by atoms with van der Waals surface area (Å²) < 4.78 is 5.57. The molecular weight excluding hydrogens is 360 g/mol. The summed E-state index contributed by atoms with van der Waals surface area (Å²) in [5.41, 5.74) is 1.73. The van der Waals surface area contributed by atoms with E-state index in [0.29, 0.717) is 34.2 Å². The topological polar surface area (TPSA) is 67.4 Å². The Morgan fingerprint density at radius 3 is 2.37 bits per heavy atom. The van der Waals surface area contributed by atoms with Crippen LogP contribution in [-0.2, 0) is 0 Å². The van der Waals surface area contributed by atoms with Crippen molar-refractivity contribution in [1.29, 1.82) is 0 Å². The van der Waals surface area contributed by atoms with Crippen molar-refractivity contribution in [1.82, 2.24) is 0 Å². The minimum absolute atomic E-state index is 0.172. The summed E-state index contributed by atoms with van der Waals surface area (Å²) in [5.74, 6) is 0.259. The van der Waals surface area contributed by atoms with Gasteiger partial charge in [-0.05, 0) is 54.3 Å². The maximum absolute atomic E-state index is 12.5. The fraction of sp³-hybridized carbons (Fsp3) is 0.143. The zero-order valence-electron chi connectivity index (χ0n) is 14.9. The van der Waals surface area contributed by atoms with Crippen LogP contribution in [0.25, 0.3) is 0 Å². The Kier molecular flexibility index (Phi) is 6.22. The number of carbonyl (C=O) groups is 2. The van der Waals surface area contributed by atoms with Crippen LogP contribution in [0.3, 0.4) is 0 Å². The van der Waals surface area contributed by atoms with Gasteiger partial charge in [0.2, 0.25) is 0 Å². The van der Waals surface area contributed by atoms with E-state index in [1.807, 2.05) is 24.4 Å². The molecule has 0 aliphatic heterocycles. The summed E-state index contributed by atoms with van der Waals surface area (Å²) >= 11 is 1.38. The molecule has 0 radical (unpaired) electrons. The van der Waals surface area contributed by atoms with Crippen molar-refractivity contribution in [3.63, 3.8) is 0 Å². The van der Waals surface area contributed by atoms with Crippen LogP contribution in [0, 0.1) is 0 Å². The molecule has 5 nitrogen and oxygen atoms in total. The molecule has 0 unspecified atom stereocenters. The highest BCUT2D eigenvalue weighted by Crippen LogP contribution is 2.19. The second-order valence-corrected chi connectivity index (χ2v) is 6.79. The van der Waals surface area contributed by atoms with E-state index >= 15 is 0 Å². The lowest BCUT2D eigenvalue weighted by Gasteiger charge is -2.10. The van der Waals surface area contributed by atoms with Gasteiger partial charge in [-0.25, -0.2) is 0 Å². The molecule has 0 bridgehead atoms. The molecule has 3 rings (SSSR count). The molecule has 1 heterocycles. The van der Waals surface area contributed by atoms with Gasteiger partial charge in [0.15, 0.2) is 0 Å². The number of benzene rings is 2. The second-order valence-electron chi connectivity index (χ2n) is 5.84. The van der Waals surface area contributed by atoms with Crippen LogP contribution in [-0.4, -0.2) is 18.4 Å². The lowest BCUT2D eigenvalue weighted by atomic mass is 10.2. The molecule has 0 aliphatic carbocycles. The van der Waals surface area contributed by atoms with Crippen LogP contribution < -0.4 is 15.4 Å².